The minimum absolute atomic E-state index is 0.112. The van der Waals surface area contributed by atoms with Crippen LogP contribution in [-0.2, 0) is 0 Å². The Morgan fingerprint density at radius 1 is 1.07 bits per heavy atom. The number of nitrogens with zero attached hydrogens (tertiary/aromatic N) is 3. The first-order valence-electron chi connectivity index (χ1n) is 8.25. The minimum atomic E-state index is -0.112. The number of para-hydroxylation sites is 2. The van der Waals surface area contributed by atoms with Crippen LogP contribution in [0.2, 0.25) is 0 Å². The molecule has 0 bridgehead atoms. The highest BCUT2D eigenvalue weighted by Crippen LogP contribution is 2.25. The molecule has 6 heteroatoms. The molecular weight excluding hydrogens is 358 g/mol. The standard InChI is InChI=1S/C21H11N3O2S/c22-12-13-5-1-2-6-15(13)18-10-9-14(26-18)11-19-20(25)24-17-8-4-3-7-16(17)23-21(24)27-19/h1-11H. The summed E-state index contributed by atoms with van der Waals surface area (Å²) in [6.45, 7) is 0. The van der Waals surface area contributed by atoms with E-state index in [4.69, 9.17) is 4.42 Å². The molecule has 27 heavy (non-hydrogen) atoms. The van der Waals surface area contributed by atoms with Gasteiger partial charge < -0.3 is 4.42 Å². The summed E-state index contributed by atoms with van der Waals surface area (Å²) in [4.78, 5) is 18.0. The summed E-state index contributed by atoms with van der Waals surface area (Å²) in [6, 6.07) is 20.6. The Kier molecular flexibility index (Phi) is 3.42. The largest absolute Gasteiger partial charge is 0.457 e. The third-order valence-electron chi connectivity index (χ3n) is 4.36. The fraction of sp³-hybridized carbons (Fsp3) is 0. The summed E-state index contributed by atoms with van der Waals surface area (Å²) in [5, 5.41) is 9.25. The number of imidazole rings is 1. The van der Waals surface area contributed by atoms with Gasteiger partial charge in [0.1, 0.15) is 16.1 Å². The van der Waals surface area contributed by atoms with E-state index in [2.05, 4.69) is 11.1 Å². The molecule has 0 N–H and O–H groups in total. The number of thiazole rings is 1. The molecule has 0 aliphatic carbocycles. The highest BCUT2D eigenvalue weighted by Gasteiger charge is 2.12. The summed E-state index contributed by atoms with van der Waals surface area (Å²) < 4.78 is 8.04. The van der Waals surface area contributed by atoms with Crippen molar-refractivity contribution in [3.05, 3.63) is 86.9 Å². The quantitative estimate of drug-likeness (QED) is 0.477. The highest BCUT2D eigenvalue weighted by atomic mass is 32.1. The molecule has 3 heterocycles. The van der Waals surface area contributed by atoms with Gasteiger partial charge in [-0.3, -0.25) is 4.79 Å². The molecule has 0 aliphatic rings. The van der Waals surface area contributed by atoms with Gasteiger partial charge in [0, 0.05) is 11.6 Å². The van der Waals surface area contributed by atoms with Crippen molar-refractivity contribution < 1.29 is 4.42 Å². The fourth-order valence-corrected chi connectivity index (χ4v) is 4.08. The van der Waals surface area contributed by atoms with Crippen molar-refractivity contribution in [1.29, 1.82) is 5.26 Å². The van der Waals surface area contributed by atoms with E-state index < -0.39 is 0 Å². The van der Waals surface area contributed by atoms with Crippen LogP contribution in [-0.4, -0.2) is 9.38 Å². The van der Waals surface area contributed by atoms with Crippen molar-refractivity contribution in [2.24, 2.45) is 0 Å². The van der Waals surface area contributed by atoms with Gasteiger partial charge in [0.15, 0.2) is 4.96 Å². The SMILES string of the molecule is N#Cc1ccccc1-c1ccc(C=c2sc3nc4ccccc4n3c2=O)o1. The normalized spacial score (nSPS) is 12.0. The van der Waals surface area contributed by atoms with Gasteiger partial charge >= 0.3 is 0 Å². The molecule has 0 unspecified atom stereocenters. The lowest BCUT2D eigenvalue weighted by atomic mass is 10.1. The molecule has 0 amide bonds. The van der Waals surface area contributed by atoms with Gasteiger partial charge in [-0.2, -0.15) is 5.26 Å². The average Bonchev–Trinajstić information content (AvgIpc) is 3.38. The molecule has 128 valence electrons. The maximum absolute atomic E-state index is 12.8. The number of hydrogen-bond donors (Lipinski definition) is 0. The molecule has 0 radical (unpaired) electrons. The maximum Gasteiger partial charge on any atom is 0.275 e. The first-order valence-corrected chi connectivity index (χ1v) is 9.07. The van der Waals surface area contributed by atoms with Crippen LogP contribution in [0, 0.1) is 11.3 Å². The van der Waals surface area contributed by atoms with Crippen molar-refractivity contribution in [1.82, 2.24) is 9.38 Å². The molecule has 0 saturated heterocycles. The van der Waals surface area contributed by atoms with E-state index in [1.54, 1.807) is 28.7 Å². The summed E-state index contributed by atoms with van der Waals surface area (Å²) in [5.41, 5.74) is 2.77. The van der Waals surface area contributed by atoms with E-state index in [1.165, 1.54) is 11.3 Å². The first-order chi connectivity index (χ1) is 13.2. The predicted molar refractivity (Wildman–Crippen MR) is 104 cm³/mol. The van der Waals surface area contributed by atoms with Gasteiger partial charge in [0.25, 0.3) is 5.56 Å². The molecule has 2 aromatic carbocycles. The van der Waals surface area contributed by atoms with Gasteiger partial charge in [-0.25, -0.2) is 9.38 Å². The second-order valence-electron chi connectivity index (χ2n) is 5.99. The molecule has 0 atom stereocenters. The Hall–Kier alpha value is -3.69. The summed E-state index contributed by atoms with van der Waals surface area (Å²) in [6.07, 6.45) is 1.72. The molecule has 0 aliphatic heterocycles. The zero-order valence-electron chi connectivity index (χ0n) is 13.9. The number of furan rings is 1. The predicted octanol–water partition coefficient (Wildman–Crippen LogP) is 3.59. The Morgan fingerprint density at radius 2 is 1.89 bits per heavy atom. The van der Waals surface area contributed by atoms with E-state index in [9.17, 15) is 10.1 Å². The van der Waals surface area contributed by atoms with Crippen LogP contribution in [0.5, 0.6) is 0 Å². The number of nitriles is 1. The minimum Gasteiger partial charge on any atom is -0.457 e. The van der Waals surface area contributed by atoms with Crippen molar-refractivity contribution in [2.75, 3.05) is 0 Å². The Balaban J connectivity index is 1.64. The Morgan fingerprint density at radius 3 is 2.78 bits per heavy atom. The molecule has 5 aromatic rings. The van der Waals surface area contributed by atoms with Crippen LogP contribution in [0.1, 0.15) is 11.3 Å². The number of aromatic nitrogens is 2. The van der Waals surface area contributed by atoms with Crippen LogP contribution in [0.15, 0.2) is 69.9 Å². The van der Waals surface area contributed by atoms with Gasteiger partial charge in [-0.05, 0) is 36.4 Å². The fourth-order valence-electron chi connectivity index (χ4n) is 3.11. The summed E-state index contributed by atoms with van der Waals surface area (Å²) in [7, 11) is 0. The van der Waals surface area contributed by atoms with Crippen molar-refractivity contribution in [3.8, 4) is 17.4 Å². The molecule has 5 nitrogen and oxygen atoms in total. The van der Waals surface area contributed by atoms with E-state index in [0.717, 1.165) is 16.6 Å². The summed E-state index contributed by atoms with van der Waals surface area (Å²) in [5.74, 6) is 1.15. The van der Waals surface area contributed by atoms with Crippen molar-refractivity contribution in [2.45, 2.75) is 0 Å². The smallest absolute Gasteiger partial charge is 0.275 e. The molecular formula is C21H11N3O2S. The topological polar surface area (TPSA) is 71.3 Å². The van der Waals surface area contributed by atoms with Gasteiger partial charge in [-0.1, -0.05) is 35.6 Å². The van der Waals surface area contributed by atoms with E-state index in [1.807, 2.05) is 42.5 Å². The summed E-state index contributed by atoms with van der Waals surface area (Å²) >= 11 is 1.33. The van der Waals surface area contributed by atoms with Crippen LogP contribution in [0.4, 0.5) is 0 Å². The Bertz CT molecular complexity index is 1470. The van der Waals surface area contributed by atoms with Gasteiger partial charge in [-0.15, -0.1) is 0 Å². The van der Waals surface area contributed by atoms with Crippen LogP contribution >= 0.6 is 11.3 Å². The Labute approximate surface area is 157 Å². The number of benzene rings is 2. The number of hydrogen-bond acceptors (Lipinski definition) is 5. The molecule has 0 saturated carbocycles. The van der Waals surface area contributed by atoms with E-state index >= 15 is 0 Å². The van der Waals surface area contributed by atoms with E-state index in [0.29, 0.717) is 26.6 Å². The number of fused-ring (bicyclic) bond motifs is 3. The molecule has 5 rings (SSSR count). The lowest BCUT2D eigenvalue weighted by molar-refractivity contribution is 0.571. The molecule has 0 spiro atoms. The average molecular weight is 369 g/mol. The maximum atomic E-state index is 12.8. The van der Waals surface area contributed by atoms with Crippen LogP contribution in [0.25, 0.3) is 33.4 Å². The third-order valence-corrected chi connectivity index (χ3v) is 5.33. The zero-order chi connectivity index (χ0) is 18.4. The molecule has 0 fully saturated rings. The van der Waals surface area contributed by atoms with Gasteiger partial charge in [0.05, 0.1) is 22.7 Å². The number of rotatable bonds is 2. The zero-order valence-corrected chi connectivity index (χ0v) is 14.7. The van der Waals surface area contributed by atoms with Crippen molar-refractivity contribution >= 4 is 33.4 Å². The monoisotopic (exact) mass is 369 g/mol. The lowest BCUT2D eigenvalue weighted by Crippen LogP contribution is -2.22. The second-order valence-corrected chi connectivity index (χ2v) is 7.00. The second kappa shape index (κ2) is 5.94. The van der Waals surface area contributed by atoms with E-state index in [-0.39, 0.29) is 5.56 Å². The molecule has 3 aromatic heterocycles. The lowest BCUT2D eigenvalue weighted by Gasteiger charge is -1.98. The van der Waals surface area contributed by atoms with Crippen LogP contribution < -0.4 is 10.1 Å². The first kappa shape index (κ1) is 15.6. The van der Waals surface area contributed by atoms with Gasteiger partial charge in [0.2, 0.25) is 0 Å². The van der Waals surface area contributed by atoms with Crippen molar-refractivity contribution in [3.63, 3.8) is 0 Å². The third kappa shape index (κ3) is 2.45. The highest BCUT2D eigenvalue weighted by molar-refractivity contribution is 7.15. The van der Waals surface area contributed by atoms with Crippen LogP contribution in [0.3, 0.4) is 0 Å².